The van der Waals surface area contributed by atoms with Gasteiger partial charge < -0.3 is 14.1 Å². The van der Waals surface area contributed by atoms with Gasteiger partial charge in [-0.2, -0.15) is 0 Å². The van der Waals surface area contributed by atoms with Crippen molar-refractivity contribution in [3.05, 3.63) is 66.1 Å². The number of para-hydroxylation sites is 2. The van der Waals surface area contributed by atoms with Gasteiger partial charge in [-0.15, -0.1) is 10.2 Å². The van der Waals surface area contributed by atoms with Gasteiger partial charge in [-0.1, -0.05) is 61.2 Å². The fourth-order valence-electron chi connectivity index (χ4n) is 3.35. The molecule has 0 saturated carbocycles. The zero-order valence-corrected chi connectivity index (χ0v) is 17.3. The van der Waals surface area contributed by atoms with Crippen LogP contribution in [0.2, 0.25) is 0 Å². The van der Waals surface area contributed by atoms with Crippen LogP contribution in [0.25, 0.3) is 0 Å². The number of carbonyl (C=O) groups is 1. The van der Waals surface area contributed by atoms with Gasteiger partial charge in [-0.05, 0) is 30.5 Å². The Morgan fingerprint density at radius 1 is 1.10 bits per heavy atom. The van der Waals surface area contributed by atoms with E-state index in [1.807, 2.05) is 42.5 Å². The zero-order chi connectivity index (χ0) is 20.2. The second-order valence-corrected chi connectivity index (χ2v) is 8.09. The minimum atomic E-state index is -0.482. The summed E-state index contributed by atoms with van der Waals surface area (Å²) in [5.74, 6) is 2.29. The van der Waals surface area contributed by atoms with Crippen LogP contribution in [0.15, 0.2) is 64.2 Å². The molecule has 4 rings (SSSR count). The first kappa shape index (κ1) is 19.5. The molecular formula is C22H23N3O3S. The maximum Gasteiger partial charge on any atom is 0.276 e. The first-order valence-electron chi connectivity index (χ1n) is 9.69. The quantitative estimate of drug-likeness (QED) is 0.541. The lowest BCUT2D eigenvalue weighted by molar-refractivity contribution is -0.125. The second kappa shape index (κ2) is 8.69. The van der Waals surface area contributed by atoms with E-state index in [-0.39, 0.29) is 5.91 Å². The van der Waals surface area contributed by atoms with Crippen molar-refractivity contribution in [2.45, 2.75) is 37.5 Å². The summed E-state index contributed by atoms with van der Waals surface area (Å²) >= 11 is 1.46. The van der Waals surface area contributed by atoms with E-state index in [1.54, 1.807) is 11.8 Å². The standard InChI is InChI=1S/C22H23N3O3S/c1-15(17-8-4-3-5-9-17)14-20-23-24-22(28-20)29-13-12-25-18-10-6-7-11-19(18)27-16(2)21(25)26/h3-11,15-16H,12-14H2,1-2H3. The Morgan fingerprint density at radius 3 is 2.69 bits per heavy atom. The third-order valence-electron chi connectivity index (χ3n) is 4.91. The number of benzene rings is 2. The molecule has 3 aromatic rings. The number of fused-ring (bicyclic) bond motifs is 1. The lowest BCUT2D eigenvalue weighted by atomic mass is 9.98. The molecule has 2 heterocycles. The average molecular weight is 410 g/mol. The van der Waals surface area contributed by atoms with E-state index in [0.29, 0.717) is 35.7 Å². The van der Waals surface area contributed by atoms with Crippen LogP contribution in [-0.2, 0) is 11.2 Å². The number of hydrogen-bond acceptors (Lipinski definition) is 6. The van der Waals surface area contributed by atoms with Gasteiger partial charge in [0.2, 0.25) is 5.89 Å². The number of carbonyl (C=O) groups excluding carboxylic acids is 1. The summed E-state index contributed by atoms with van der Waals surface area (Å²) in [7, 11) is 0. The van der Waals surface area contributed by atoms with E-state index in [4.69, 9.17) is 9.15 Å². The maximum absolute atomic E-state index is 12.5. The van der Waals surface area contributed by atoms with Crippen molar-refractivity contribution in [3.63, 3.8) is 0 Å². The third-order valence-corrected chi connectivity index (χ3v) is 5.71. The monoisotopic (exact) mass is 409 g/mol. The van der Waals surface area contributed by atoms with E-state index in [1.165, 1.54) is 17.3 Å². The highest BCUT2D eigenvalue weighted by molar-refractivity contribution is 7.99. The number of hydrogen-bond donors (Lipinski definition) is 0. The van der Waals surface area contributed by atoms with E-state index in [0.717, 1.165) is 11.4 Å². The Hall–Kier alpha value is -2.80. The van der Waals surface area contributed by atoms with Crippen molar-refractivity contribution in [1.29, 1.82) is 0 Å². The molecule has 1 aliphatic heterocycles. The molecule has 0 radical (unpaired) electrons. The van der Waals surface area contributed by atoms with Crippen molar-refractivity contribution >= 4 is 23.4 Å². The van der Waals surface area contributed by atoms with Crippen LogP contribution in [0.3, 0.4) is 0 Å². The van der Waals surface area contributed by atoms with Crippen LogP contribution >= 0.6 is 11.8 Å². The van der Waals surface area contributed by atoms with Gasteiger partial charge in [0.05, 0.1) is 5.69 Å². The fraction of sp³-hybridized carbons (Fsp3) is 0.318. The third kappa shape index (κ3) is 4.45. The Balaban J connectivity index is 1.34. The van der Waals surface area contributed by atoms with Crippen molar-refractivity contribution in [1.82, 2.24) is 10.2 Å². The van der Waals surface area contributed by atoms with Gasteiger partial charge >= 0.3 is 0 Å². The Bertz CT molecular complexity index is 976. The molecule has 6 nitrogen and oxygen atoms in total. The molecule has 1 aromatic heterocycles. The Labute approximate surface area is 174 Å². The molecule has 0 aliphatic carbocycles. The van der Waals surface area contributed by atoms with Crippen molar-refractivity contribution < 1.29 is 13.9 Å². The molecule has 150 valence electrons. The molecule has 2 aromatic carbocycles. The first-order chi connectivity index (χ1) is 14.1. The maximum atomic E-state index is 12.5. The number of ether oxygens (including phenoxy) is 1. The minimum Gasteiger partial charge on any atom is -0.479 e. The predicted molar refractivity (Wildman–Crippen MR) is 112 cm³/mol. The smallest absolute Gasteiger partial charge is 0.276 e. The molecule has 29 heavy (non-hydrogen) atoms. The second-order valence-electron chi connectivity index (χ2n) is 7.04. The van der Waals surface area contributed by atoms with Gasteiger partial charge in [-0.25, -0.2) is 0 Å². The summed E-state index contributed by atoms with van der Waals surface area (Å²) in [5.41, 5.74) is 2.05. The molecule has 2 unspecified atom stereocenters. The summed E-state index contributed by atoms with van der Waals surface area (Å²) in [6.07, 6.45) is 0.217. The SMILES string of the molecule is CC1Oc2ccccc2N(CCSc2nnc(CC(C)c3ccccc3)o2)C1=O. The summed E-state index contributed by atoms with van der Waals surface area (Å²) < 4.78 is 11.5. The van der Waals surface area contributed by atoms with Gasteiger partial charge in [-0.3, -0.25) is 4.79 Å². The van der Waals surface area contributed by atoms with Gasteiger partial charge in [0, 0.05) is 18.7 Å². The lowest BCUT2D eigenvalue weighted by Gasteiger charge is -2.32. The van der Waals surface area contributed by atoms with Crippen molar-refractivity contribution in [3.8, 4) is 5.75 Å². The van der Waals surface area contributed by atoms with Crippen LogP contribution in [-0.4, -0.2) is 34.5 Å². The highest BCUT2D eigenvalue weighted by Crippen LogP contribution is 2.34. The molecule has 0 N–H and O–H groups in total. The predicted octanol–water partition coefficient (Wildman–Crippen LogP) is 4.32. The Morgan fingerprint density at radius 2 is 1.86 bits per heavy atom. The lowest BCUT2D eigenvalue weighted by Crippen LogP contribution is -2.45. The molecule has 2 atom stereocenters. The van der Waals surface area contributed by atoms with Crippen LogP contribution in [0.1, 0.15) is 31.2 Å². The molecule has 0 spiro atoms. The average Bonchev–Trinajstić information content (AvgIpc) is 3.18. The van der Waals surface area contributed by atoms with Gasteiger partial charge in [0.1, 0.15) is 5.75 Å². The van der Waals surface area contributed by atoms with Crippen LogP contribution < -0.4 is 9.64 Å². The van der Waals surface area contributed by atoms with E-state index in [9.17, 15) is 4.79 Å². The number of thioether (sulfide) groups is 1. The van der Waals surface area contributed by atoms with E-state index < -0.39 is 6.10 Å². The molecule has 1 amide bonds. The Kier molecular flexibility index (Phi) is 5.85. The minimum absolute atomic E-state index is 0.0350. The topological polar surface area (TPSA) is 68.5 Å². The largest absolute Gasteiger partial charge is 0.479 e. The number of nitrogens with zero attached hydrogens (tertiary/aromatic N) is 3. The fourth-order valence-corrected chi connectivity index (χ4v) is 4.06. The van der Waals surface area contributed by atoms with Crippen LogP contribution in [0.4, 0.5) is 5.69 Å². The molecule has 1 aliphatic rings. The number of anilines is 1. The molecular weight excluding hydrogens is 386 g/mol. The zero-order valence-electron chi connectivity index (χ0n) is 16.4. The van der Waals surface area contributed by atoms with Crippen molar-refractivity contribution in [2.24, 2.45) is 0 Å². The summed E-state index contributed by atoms with van der Waals surface area (Å²) in [6.45, 7) is 4.47. The van der Waals surface area contributed by atoms with Crippen LogP contribution in [0.5, 0.6) is 5.75 Å². The molecule has 0 bridgehead atoms. The summed E-state index contributed by atoms with van der Waals surface area (Å²) in [4.78, 5) is 14.3. The number of aromatic nitrogens is 2. The first-order valence-corrected chi connectivity index (χ1v) is 10.7. The van der Waals surface area contributed by atoms with Crippen molar-refractivity contribution in [2.75, 3.05) is 17.2 Å². The number of amides is 1. The highest BCUT2D eigenvalue weighted by Gasteiger charge is 2.30. The molecule has 0 fully saturated rings. The highest BCUT2D eigenvalue weighted by atomic mass is 32.2. The summed E-state index contributed by atoms with van der Waals surface area (Å²) in [6, 6.07) is 17.9. The van der Waals surface area contributed by atoms with E-state index >= 15 is 0 Å². The normalized spacial score (nSPS) is 17.0. The molecule has 7 heteroatoms. The van der Waals surface area contributed by atoms with Crippen LogP contribution in [0, 0.1) is 0 Å². The molecule has 0 saturated heterocycles. The van der Waals surface area contributed by atoms with E-state index in [2.05, 4.69) is 29.3 Å². The van der Waals surface area contributed by atoms with Gasteiger partial charge in [0.15, 0.2) is 6.10 Å². The van der Waals surface area contributed by atoms with Gasteiger partial charge in [0.25, 0.3) is 11.1 Å². The summed E-state index contributed by atoms with van der Waals surface area (Å²) in [5, 5.41) is 8.84. The number of rotatable bonds is 7.